The van der Waals surface area contributed by atoms with Crippen LogP contribution in [0.4, 0.5) is 0 Å². The SMILES string of the molecule is C=CC(C)(C)n1cc(C[C@@H]2NC(=O)[C@H](CCCC)NC(=O)[C@H](CC(C)C)N3CC/C=C\C[C@@H](C3=O)N(C)C(=O)[C@H](C)NC(=O)[C@H](Cc3ccc4cnccc4c3)NC(=O)[C@H](CC(C)C)N(C)C2=O)c2ccccc21. The molecule has 2 aromatic heterocycles. The van der Waals surface area contributed by atoms with Gasteiger partial charge in [0, 0.05) is 68.4 Å². The Morgan fingerprint density at radius 1 is 0.743 bits per heavy atom. The largest absolute Gasteiger partial charge is 0.343 e. The standard InChI is InChI=1S/C58H79N9O7/c1-12-14-21-44-51(68)63-46(33-42-35-67(58(8,9)13-2)47-22-18-17-20-43(42)47)56(73)65(11)49(29-36(3)4)53(70)62-45(32-39-24-25-41-34-59-27-26-40(41)31-39)52(69)60-38(7)55(72)64(10)48-23-16-15-19-28-66(57(48)74)50(30-37(5)6)54(71)61-44/h13,15-18,20,22,24-27,31,34-38,44-46,48-50H,2,12,14,19,21,23,28-30,32-33H2,1,3-11H3,(H,60,69)(H,61,71)(H,62,70)(H,63,68)/b16-15-/t38-,44-,45-,46-,48-,49-,50-/m0/s1. The van der Waals surface area contributed by atoms with E-state index < -0.39 is 89.2 Å². The van der Waals surface area contributed by atoms with Gasteiger partial charge < -0.3 is 40.5 Å². The van der Waals surface area contributed by atoms with E-state index in [9.17, 15) is 24.0 Å². The number of hydrogen-bond acceptors (Lipinski definition) is 8. The van der Waals surface area contributed by atoms with Crippen LogP contribution in [0.5, 0.6) is 0 Å². The minimum absolute atomic E-state index is 0.0230. The van der Waals surface area contributed by atoms with E-state index in [0.29, 0.717) is 19.3 Å². The molecular weight excluding hydrogens is 935 g/mol. The molecule has 6 rings (SSSR count). The number of amides is 7. The van der Waals surface area contributed by atoms with E-state index in [-0.39, 0.29) is 56.9 Å². The second-order valence-electron chi connectivity index (χ2n) is 21.7. The average Bonchev–Trinajstić information content (AvgIpc) is 3.74. The third-order valence-corrected chi connectivity index (χ3v) is 14.6. The van der Waals surface area contributed by atoms with E-state index in [1.165, 1.54) is 35.7 Å². The molecule has 0 spiro atoms. The van der Waals surface area contributed by atoms with Crippen LogP contribution in [0.25, 0.3) is 21.7 Å². The summed E-state index contributed by atoms with van der Waals surface area (Å²) in [4.78, 5) is 113. The van der Waals surface area contributed by atoms with E-state index >= 15 is 9.59 Å². The Labute approximate surface area is 437 Å². The molecule has 2 aromatic carbocycles. The monoisotopic (exact) mass is 1010 g/mol. The van der Waals surface area contributed by atoms with Gasteiger partial charge in [-0.1, -0.05) is 102 Å². The maximum Gasteiger partial charge on any atom is 0.246 e. The highest BCUT2D eigenvalue weighted by Gasteiger charge is 2.41. The molecule has 0 saturated carbocycles. The number of hydrogen-bond donors (Lipinski definition) is 4. The van der Waals surface area contributed by atoms with Crippen LogP contribution in [0.2, 0.25) is 0 Å². The molecule has 1 fully saturated rings. The highest BCUT2D eigenvalue weighted by molar-refractivity contribution is 5.99. The molecule has 16 nitrogen and oxygen atoms in total. The summed E-state index contributed by atoms with van der Waals surface area (Å²) >= 11 is 0. The van der Waals surface area contributed by atoms with Crippen molar-refractivity contribution in [3.63, 3.8) is 0 Å². The molecule has 1 saturated heterocycles. The number of benzene rings is 2. The van der Waals surface area contributed by atoms with Crippen LogP contribution in [-0.2, 0) is 51.9 Å². The van der Waals surface area contributed by atoms with E-state index in [4.69, 9.17) is 0 Å². The number of likely N-dealkylation sites (N-methyl/N-ethyl adjacent to an activating group) is 2. The minimum atomic E-state index is -1.24. The highest BCUT2D eigenvalue weighted by Crippen LogP contribution is 2.30. The van der Waals surface area contributed by atoms with Crippen LogP contribution >= 0.6 is 0 Å². The van der Waals surface area contributed by atoms with Gasteiger partial charge in [-0.2, -0.15) is 0 Å². The zero-order valence-corrected chi connectivity index (χ0v) is 45.2. The Bertz CT molecular complexity index is 2730. The van der Waals surface area contributed by atoms with E-state index in [1.54, 1.807) is 12.4 Å². The molecule has 7 amide bonds. The fourth-order valence-electron chi connectivity index (χ4n) is 10.1. The quantitative estimate of drug-likeness (QED) is 0.111. The number of aromatic nitrogens is 2. The van der Waals surface area contributed by atoms with Crippen molar-refractivity contribution in [1.82, 2.24) is 45.5 Å². The fraction of sp³-hybridized carbons (Fsp3) is 0.517. The van der Waals surface area contributed by atoms with Crippen molar-refractivity contribution in [2.75, 3.05) is 20.6 Å². The van der Waals surface area contributed by atoms with Crippen molar-refractivity contribution in [3.05, 3.63) is 103 Å². The topological polar surface area (TPSA) is 195 Å². The van der Waals surface area contributed by atoms with Gasteiger partial charge in [0.15, 0.2) is 0 Å². The van der Waals surface area contributed by atoms with Crippen LogP contribution in [0, 0.1) is 11.8 Å². The first-order chi connectivity index (χ1) is 35.1. The zero-order valence-electron chi connectivity index (χ0n) is 45.2. The number of fused-ring (bicyclic) bond motifs is 4. The summed E-state index contributed by atoms with van der Waals surface area (Å²) in [6.45, 7) is 19.6. The van der Waals surface area contributed by atoms with Crippen LogP contribution in [0.1, 0.15) is 111 Å². The number of pyridine rings is 1. The van der Waals surface area contributed by atoms with Crippen molar-refractivity contribution in [1.29, 1.82) is 0 Å². The van der Waals surface area contributed by atoms with Crippen LogP contribution in [0.15, 0.2) is 91.9 Å². The average molecular weight is 1010 g/mol. The summed E-state index contributed by atoms with van der Waals surface area (Å²) in [5.41, 5.74) is 1.85. The van der Waals surface area contributed by atoms with Crippen LogP contribution in [0.3, 0.4) is 0 Å². The Kier molecular flexibility index (Phi) is 19.0. The highest BCUT2D eigenvalue weighted by atomic mass is 16.2. The van der Waals surface area contributed by atoms with Gasteiger partial charge in [-0.25, -0.2) is 0 Å². The molecule has 4 heterocycles. The number of allylic oxidation sites excluding steroid dienone is 1. The van der Waals surface area contributed by atoms with Crippen molar-refractivity contribution >= 4 is 63.0 Å². The molecule has 0 radical (unpaired) electrons. The lowest BCUT2D eigenvalue weighted by Crippen LogP contribution is -2.61. The Hall–Kier alpha value is -6.84. The molecule has 7 atom stereocenters. The minimum Gasteiger partial charge on any atom is -0.343 e. The Morgan fingerprint density at radius 3 is 2.11 bits per heavy atom. The lowest BCUT2D eigenvalue weighted by Gasteiger charge is -2.38. The number of carbonyl (C=O) groups is 7. The summed E-state index contributed by atoms with van der Waals surface area (Å²) in [6.07, 6.45) is 13.6. The smallest absolute Gasteiger partial charge is 0.246 e. The number of nitrogens with zero attached hydrogens (tertiary/aromatic N) is 5. The van der Waals surface area contributed by atoms with Crippen molar-refractivity contribution in [2.45, 2.75) is 161 Å². The number of unbranched alkanes of at least 4 members (excludes halogenated alkanes) is 1. The summed E-state index contributed by atoms with van der Waals surface area (Å²) in [5, 5.41) is 14.6. The van der Waals surface area contributed by atoms with Gasteiger partial charge in [0.25, 0.3) is 0 Å². The predicted octanol–water partition coefficient (Wildman–Crippen LogP) is 6.35. The number of para-hydroxylation sites is 1. The Morgan fingerprint density at radius 2 is 1.41 bits per heavy atom. The lowest BCUT2D eigenvalue weighted by molar-refractivity contribution is -0.150. The van der Waals surface area contributed by atoms with Gasteiger partial charge in [-0.05, 0) is 93.4 Å². The number of carbonyl (C=O) groups excluding carboxylic acids is 7. The summed E-state index contributed by atoms with van der Waals surface area (Å²) < 4.78 is 2.08. The zero-order chi connectivity index (χ0) is 54.0. The summed E-state index contributed by atoms with van der Waals surface area (Å²) in [7, 11) is 3.05. The second-order valence-corrected chi connectivity index (χ2v) is 21.7. The van der Waals surface area contributed by atoms with Gasteiger partial charge in [0.2, 0.25) is 41.4 Å². The van der Waals surface area contributed by atoms with Gasteiger partial charge in [0.05, 0.1) is 5.54 Å². The predicted molar refractivity (Wildman–Crippen MR) is 289 cm³/mol. The van der Waals surface area contributed by atoms with E-state index in [1.807, 2.05) is 121 Å². The molecule has 0 unspecified atom stereocenters. The van der Waals surface area contributed by atoms with E-state index in [2.05, 4.69) is 37.4 Å². The summed E-state index contributed by atoms with van der Waals surface area (Å²) in [6, 6.07) is 7.46. The molecule has 0 aliphatic carbocycles. The molecule has 2 bridgehead atoms. The molecule has 2 aliphatic rings. The number of nitrogens with one attached hydrogen (secondary N) is 4. The molecule has 4 aromatic rings. The molecule has 16 heteroatoms. The molecule has 398 valence electrons. The van der Waals surface area contributed by atoms with Crippen LogP contribution < -0.4 is 21.3 Å². The van der Waals surface area contributed by atoms with Crippen molar-refractivity contribution in [3.8, 4) is 0 Å². The number of rotatable bonds is 13. The normalized spacial score (nSPS) is 24.0. The first-order valence-electron chi connectivity index (χ1n) is 26.4. The lowest BCUT2D eigenvalue weighted by atomic mass is 9.97. The van der Waals surface area contributed by atoms with Gasteiger partial charge >= 0.3 is 0 Å². The van der Waals surface area contributed by atoms with Crippen molar-refractivity contribution in [2.24, 2.45) is 11.8 Å². The van der Waals surface area contributed by atoms with Crippen molar-refractivity contribution < 1.29 is 33.6 Å². The molecular formula is C58H79N9O7. The van der Waals surface area contributed by atoms with E-state index in [0.717, 1.165) is 32.8 Å². The van der Waals surface area contributed by atoms with Crippen LogP contribution in [-0.4, -0.2) is 129 Å². The first kappa shape index (κ1) is 56.5. The van der Waals surface area contributed by atoms with Gasteiger partial charge in [-0.3, -0.25) is 38.5 Å². The second kappa shape index (κ2) is 24.9. The van der Waals surface area contributed by atoms with Gasteiger partial charge in [-0.15, -0.1) is 6.58 Å². The third kappa shape index (κ3) is 13.5. The maximum absolute atomic E-state index is 15.4. The summed E-state index contributed by atoms with van der Waals surface area (Å²) in [5.74, 6) is -4.06. The molecule has 4 N–H and O–H groups in total. The van der Waals surface area contributed by atoms with Gasteiger partial charge in [0.1, 0.15) is 42.3 Å². The molecule has 2 aliphatic heterocycles. The first-order valence-corrected chi connectivity index (χ1v) is 26.4. The fourth-order valence-corrected chi connectivity index (χ4v) is 10.1. The maximum atomic E-state index is 15.4. The molecule has 74 heavy (non-hydrogen) atoms. The third-order valence-electron chi connectivity index (χ3n) is 14.6. The Balaban J connectivity index is 1.50.